The Morgan fingerprint density at radius 3 is 2.52 bits per heavy atom. The first-order valence-electron chi connectivity index (χ1n) is 11.1. The summed E-state index contributed by atoms with van der Waals surface area (Å²) in [5, 5.41) is 2.79. The van der Waals surface area contributed by atoms with Crippen LogP contribution < -0.4 is 14.8 Å². The van der Waals surface area contributed by atoms with Gasteiger partial charge in [-0.25, -0.2) is 4.79 Å². The first kappa shape index (κ1) is 24.1. The van der Waals surface area contributed by atoms with Crippen LogP contribution in [0.4, 0.5) is 5.69 Å². The van der Waals surface area contributed by atoms with E-state index in [9.17, 15) is 14.4 Å². The van der Waals surface area contributed by atoms with Crippen molar-refractivity contribution < 1.29 is 28.6 Å². The van der Waals surface area contributed by atoms with Gasteiger partial charge in [0.05, 0.1) is 19.3 Å². The van der Waals surface area contributed by atoms with Crippen LogP contribution in [-0.4, -0.2) is 55.6 Å². The summed E-state index contributed by atoms with van der Waals surface area (Å²) in [4.78, 5) is 39.0. The molecule has 176 valence electrons. The van der Waals surface area contributed by atoms with Gasteiger partial charge in [0.1, 0.15) is 0 Å². The summed E-state index contributed by atoms with van der Waals surface area (Å²) in [5.74, 6) is 0.228. The maximum Gasteiger partial charge on any atom is 0.338 e. The number of para-hydroxylation sites is 2. The molecule has 1 aliphatic rings. The maximum atomic E-state index is 12.8. The Morgan fingerprint density at radius 1 is 1.06 bits per heavy atom. The lowest BCUT2D eigenvalue weighted by Crippen LogP contribution is -2.38. The number of rotatable bonds is 12. The first-order chi connectivity index (χ1) is 16.0. The van der Waals surface area contributed by atoms with Crippen molar-refractivity contribution in [2.75, 3.05) is 32.2 Å². The monoisotopic (exact) mass is 454 g/mol. The van der Waals surface area contributed by atoms with Gasteiger partial charge in [-0.1, -0.05) is 25.1 Å². The largest absolute Gasteiger partial charge is 0.493 e. The number of benzene rings is 2. The molecule has 1 saturated carbocycles. The van der Waals surface area contributed by atoms with Gasteiger partial charge in [-0.3, -0.25) is 9.59 Å². The fourth-order valence-corrected chi connectivity index (χ4v) is 3.31. The number of nitrogens with one attached hydrogen (secondary N) is 1. The number of nitrogens with zero attached hydrogens (tertiary/aromatic N) is 1. The number of hydrogen-bond donors (Lipinski definition) is 1. The number of carbonyl (C=O) groups is 3. The van der Waals surface area contributed by atoms with Crippen LogP contribution in [0.15, 0.2) is 48.5 Å². The number of ether oxygens (including phenoxy) is 3. The van der Waals surface area contributed by atoms with Crippen LogP contribution in [0, 0.1) is 0 Å². The molecule has 2 aromatic carbocycles. The van der Waals surface area contributed by atoms with Gasteiger partial charge in [0.25, 0.3) is 5.91 Å². The molecule has 1 fully saturated rings. The second kappa shape index (κ2) is 11.9. The van der Waals surface area contributed by atoms with E-state index in [2.05, 4.69) is 5.32 Å². The Labute approximate surface area is 193 Å². The summed E-state index contributed by atoms with van der Waals surface area (Å²) in [6, 6.07) is 13.9. The van der Waals surface area contributed by atoms with Crippen LogP contribution in [0.2, 0.25) is 0 Å². The van der Waals surface area contributed by atoms with Gasteiger partial charge in [0.2, 0.25) is 5.91 Å². The summed E-state index contributed by atoms with van der Waals surface area (Å²) in [5.41, 5.74) is 0.888. The van der Waals surface area contributed by atoms with E-state index in [0.29, 0.717) is 35.9 Å². The lowest BCUT2D eigenvalue weighted by Gasteiger charge is -2.22. The number of methoxy groups -OCH3 is 1. The molecule has 0 spiro atoms. The molecule has 0 heterocycles. The van der Waals surface area contributed by atoms with Gasteiger partial charge in [-0.15, -0.1) is 0 Å². The van der Waals surface area contributed by atoms with Gasteiger partial charge in [0.15, 0.2) is 18.1 Å². The van der Waals surface area contributed by atoms with Crippen LogP contribution in [0.25, 0.3) is 0 Å². The predicted molar refractivity (Wildman–Crippen MR) is 123 cm³/mol. The Kier molecular flexibility index (Phi) is 8.69. The SMILES string of the molecule is CCCOC(=O)c1cccc(NC(=O)CCN(C(=O)COc2ccccc2OC)C2CC2)c1. The molecule has 33 heavy (non-hydrogen) atoms. The van der Waals surface area contributed by atoms with E-state index in [4.69, 9.17) is 14.2 Å². The molecule has 1 N–H and O–H groups in total. The minimum atomic E-state index is -0.423. The fourth-order valence-electron chi connectivity index (χ4n) is 3.31. The minimum Gasteiger partial charge on any atom is -0.493 e. The van der Waals surface area contributed by atoms with Gasteiger partial charge in [-0.2, -0.15) is 0 Å². The van der Waals surface area contributed by atoms with Crippen LogP contribution in [0.5, 0.6) is 11.5 Å². The molecule has 2 aromatic rings. The average molecular weight is 455 g/mol. The Balaban J connectivity index is 1.51. The number of carbonyl (C=O) groups excluding carboxylic acids is 3. The highest BCUT2D eigenvalue weighted by molar-refractivity contribution is 5.94. The second-order valence-electron chi connectivity index (χ2n) is 7.77. The molecule has 0 aromatic heterocycles. The number of anilines is 1. The van der Waals surface area contributed by atoms with Crippen molar-refractivity contribution in [1.82, 2.24) is 4.90 Å². The third kappa shape index (κ3) is 7.24. The normalized spacial score (nSPS) is 12.5. The maximum absolute atomic E-state index is 12.8. The molecule has 8 nitrogen and oxygen atoms in total. The van der Waals surface area contributed by atoms with Crippen molar-refractivity contribution in [2.45, 2.75) is 38.6 Å². The van der Waals surface area contributed by atoms with E-state index in [1.165, 1.54) is 0 Å². The molecule has 0 atom stereocenters. The third-order valence-electron chi connectivity index (χ3n) is 5.13. The Morgan fingerprint density at radius 2 is 1.82 bits per heavy atom. The molecule has 0 bridgehead atoms. The number of amides is 2. The molecule has 2 amide bonds. The van der Waals surface area contributed by atoms with Crippen LogP contribution in [0.1, 0.15) is 43.0 Å². The van der Waals surface area contributed by atoms with Crippen molar-refractivity contribution in [3.63, 3.8) is 0 Å². The van der Waals surface area contributed by atoms with Crippen molar-refractivity contribution in [2.24, 2.45) is 0 Å². The van der Waals surface area contributed by atoms with Crippen molar-refractivity contribution >= 4 is 23.5 Å². The quantitative estimate of drug-likeness (QED) is 0.492. The minimum absolute atomic E-state index is 0.125. The van der Waals surface area contributed by atoms with Crippen molar-refractivity contribution in [3.05, 3.63) is 54.1 Å². The van der Waals surface area contributed by atoms with E-state index in [-0.39, 0.29) is 30.9 Å². The lowest BCUT2D eigenvalue weighted by atomic mass is 10.2. The average Bonchev–Trinajstić information content (AvgIpc) is 3.67. The predicted octanol–water partition coefficient (Wildman–Crippen LogP) is 3.66. The molecule has 0 aliphatic heterocycles. The van der Waals surface area contributed by atoms with Crippen LogP contribution in [-0.2, 0) is 14.3 Å². The van der Waals surface area contributed by atoms with E-state index in [1.54, 1.807) is 48.4 Å². The lowest BCUT2D eigenvalue weighted by molar-refractivity contribution is -0.134. The summed E-state index contributed by atoms with van der Waals surface area (Å²) in [7, 11) is 1.54. The summed E-state index contributed by atoms with van der Waals surface area (Å²) in [6.45, 7) is 2.44. The molecule has 8 heteroatoms. The zero-order chi connectivity index (χ0) is 23.6. The highest BCUT2D eigenvalue weighted by Crippen LogP contribution is 2.29. The van der Waals surface area contributed by atoms with Crippen LogP contribution in [0.3, 0.4) is 0 Å². The first-order valence-corrected chi connectivity index (χ1v) is 11.1. The van der Waals surface area contributed by atoms with Crippen LogP contribution >= 0.6 is 0 Å². The summed E-state index contributed by atoms with van der Waals surface area (Å²) >= 11 is 0. The molecule has 0 unspecified atom stereocenters. The number of esters is 1. The highest BCUT2D eigenvalue weighted by Gasteiger charge is 2.32. The smallest absolute Gasteiger partial charge is 0.338 e. The van der Waals surface area contributed by atoms with E-state index < -0.39 is 5.97 Å². The Bertz CT molecular complexity index is 973. The summed E-state index contributed by atoms with van der Waals surface area (Å²) in [6.07, 6.45) is 2.72. The zero-order valence-corrected chi connectivity index (χ0v) is 19.0. The topological polar surface area (TPSA) is 94.2 Å². The fraction of sp³-hybridized carbons (Fsp3) is 0.400. The molecule has 3 rings (SSSR count). The number of hydrogen-bond acceptors (Lipinski definition) is 6. The Hall–Kier alpha value is -3.55. The highest BCUT2D eigenvalue weighted by atomic mass is 16.5. The van der Waals surface area contributed by atoms with Gasteiger partial charge in [-0.05, 0) is 49.6 Å². The van der Waals surface area contributed by atoms with E-state index >= 15 is 0 Å². The molecule has 0 radical (unpaired) electrons. The summed E-state index contributed by atoms with van der Waals surface area (Å²) < 4.78 is 16.0. The molecule has 0 saturated heterocycles. The molecular weight excluding hydrogens is 424 g/mol. The van der Waals surface area contributed by atoms with E-state index in [0.717, 1.165) is 19.3 Å². The van der Waals surface area contributed by atoms with Gasteiger partial charge < -0.3 is 24.4 Å². The molecule has 1 aliphatic carbocycles. The van der Waals surface area contributed by atoms with E-state index in [1.807, 2.05) is 19.1 Å². The third-order valence-corrected chi connectivity index (χ3v) is 5.13. The van der Waals surface area contributed by atoms with Gasteiger partial charge in [0, 0.05) is 24.7 Å². The van der Waals surface area contributed by atoms with Crippen molar-refractivity contribution in [1.29, 1.82) is 0 Å². The second-order valence-corrected chi connectivity index (χ2v) is 7.77. The van der Waals surface area contributed by atoms with Gasteiger partial charge >= 0.3 is 5.97 Å². The zero-order valence-electron chi connectivity index (χ0n) is 19.0. The van der Waals surface area contributed by atoms with Crippen molar-refractivity contribution in [3.8, 4) is 11.5 Å². The molecular formula is C25H30N2O6. The standard InChI is InChI=1S/C25H30N2O6/c1-3-15-32-25(30)18-7-6-8-19(16-18)26-23(28)13-14-27(20-11-12-20)24(29)17-33-22-10-5-4-9-21(22)31-2/h4-10,16,20H,3,11-15,17H2,1-2H3,(H,26,28).